The molecule has 2 atom stereocenters. The number of hydrogen-bond acceptors (Lipinski definition) is 3. The molecule has 1 aliphatic heterocycles. The molecule has 1 saturated carbocycles. The summed E-state index contributed by atoms with van der Waals surface area (Å²) >= 11 is 0. The van der Waals surface area contributed by atoms with Gasteiger partial charge in [0, 0.05) is 11.8 Å². The fourth-order valence-electron chi connectivity index (χ4n) is 2.34. The maximum absolute atomic E-state index is 11.5. The van der Waals surface area contributed by atoms with Crippen LogP contribution in [0.1, 0.15) is 33.6 Å². The smallest absolute Gasteiger partial charge is 0.314 e. The molecule has 12 heavy (non-hydrogen) atoms. The second-order valence-corrected chi connectivity index (χ2v) is 4.74. The summed E-state index contributed by atoms with van der Waals surface area (Å²) in [6.07, 6.45) is 1.65. The van der Waals surface area contributed by atoms with Gasteiger partial charge in [0.1, 0.15) is 0 Å². The van der Waals surface area contributed by atoms with Crippen LogP contribution in [0.15, 0.2) is 0 Å². The van der Waals surface area contributed by atoms with Crippen LogP contribution >= 0.6 is 0 Å². The first-order valence-electron chi connectivity index (χ1n) is 4.36. The van der Waals surface area contributed by atoms with E-state index in [1.165, 1.54) is 0 Å². The molecule has 2 fully saturated rings. The Balaban J connectivity index is 2.56. The van der Waals surface area contributed by atoms with E-state index < -0.39 is 5.72 Å². The minimum atomic E-state index is -0.709. The number of fused-ring (bicyclic) bond motifs is 2. The lowest BCUT2D eigenvalue weighted by atomic mass is 9.69. The van der Waals surface area contributed by atoms with Crippen molar-refractivity contribution < 1.29 is 9.53 Å². The lowest BCUT2D eigenvalue weighted by Gasteiger charge is -2.33. The van der Waals surface area contributed by atoms with Crippen LogP contribution in [0.5, 0.6) is 0 Å². The summed E-state index contributed by atoms with van der Waals surface area (Å²) in [5.74, 6) is -0.124. The zero-order valence-electron chi connectivity index (χ0n) is 7.81. The van der Waals surface area contributed by atoms with Gasteiger partial charge in [0.2, 0.25) is 0 Å². The van der Waals surface area contributed by atoms with E-state index in [0.29, 0.717) is 0 Å². The first-order valence-corrected chi connectivity index (χ1v) is 4.36. The van der Waals surface area contributed by atoms with Gasteiger partial charge in [-0.15, -0.1) is 0 Å². The summed E-state index contributed by atoms with van der Waals surface area (Å²) < 4.78 is 5.20. The molecule has 1 aliphatic carbocycles. The Morgan fingerprint density at radius 1 is 1.33 bits per heavy atom. The number of ether oxygens (including phenoxy) is 1. The van der Waals surface area contributed by atoms with Crippen LogP contribution in [0, 0.1) is 10.8 Å². The fraction of sp³-hybridized carbons (Fsp3) is 0.889. The third-order valence-corrected chi connectivity index (χ3v) is 4.16. The van der Waals surface area contributed by atoms with Gasteiger partial charge in [0.15, 0.2) is 5.72 Å². The largest absolute Gasteiger partial charge is 0.443 e. The number of carbonyl (C=O) groups excluding carboxylic acids is 1. The van der Waals surface area contributed by atoms with Crippen molar-refractivity contribution in [3.8, 4) is 0 Å². The van der Waals surface area contributed by atoms with E-state index in [0.717, 1.165) is 12.8 Å². The highest BCUT2D eigenvalue weighted by atomic mass is 16.6. The molecular formula is C9H15NO2. The highest BCUT2D eigenvalue weighted by Crippen LogP contribution is 2.63. The molecule has 3 nitrogen and oxygen atoms in total. The van der Waals surface area contributed by atoms with E-state index in [4.69, 9.17) is 10.5 Å². The van der Waals surface area contributed by atoms with Crippen LogP contribution < -0.4 is 5.73 Å². The Morgan fingerprint density at radius 2 is 1.92 bits per heavy atom. The average Bonchev–Trinajstić information content (AvgIpc) is 2.18. The molecule has 3 heteroatoms. The van der Waals surface area contributed by atoms with E-state index in [1.807, 2.05) is 20.8 Å². The van der Waals surface area contributed by atoms with E-state index in [2.05, 4.69) is 0 Å². The van der Waals surface area contributed by atoms with Crippen molar-refractivity contribution in [2.75, 3.05) is 0 Å². The topological polar surface area (TPSA) is 52.3 Å². The number of carbonyl (C=O) groups is 1. The van der Waals surface area contributed by atoms with Gasteiger partial charge in [-0.1, -0.05) is 13.8 Å². The second-order valence-electron chi connectivity index (χ2n) is 4.74. The summed E-state index contributed by atoms with van der Waals surface area (Å²) in [5, 5.41) is 0. The van der Waals surface area contributed by atoms with Crippen LogP contribution in [-0.2, 0) is 9.53 Å². The molecule has 0 amide bonds. The summed E-state index contributed by atoms with van der Waals surface area (Å²) in [7, 11) is 0. The van der Waals surface area contributed by atoms with Crippen LogP contribution in [0.2, 0.25) is 0 Å². The Kier molecular flexibility index (Phi) is 1.13. The minimum absolute atomic E-state index is 0.124. The Morgan fingerprint density at radius 3 is 2.08 bits per heavy atom. The Labute approximate surface area is 72.3 Å². The van der Waals surface area contributed by atoms with Crippen molar-refractivity contribution in [3.63, 3.8) is 0 Å². The van der Waals surface area contributed by atoms with Gasteiger partial charge >= 0.3 is 5.97 Å². The van der Waals surface area contributed by atoms with Gasteiger partial charge < -0.3 is 4.74 Å². The van der Waals surface area contributed by atoms with Crippen molar-refractivity contribution in [1.29, 1.82) is 0 Å². The molecule has 1 saturated heterocycles. The molecule has 2 N–H and O–H groups in total. The molecule has 0 radical (unpaired) electrons. The van der Waals surface area contributed by atoms with Gasteiger partial charge in [-0.2, -0.15) is 0 Å². The molecule has 2 rings (SSSR count). The number of nitrogens with two attached hydrogens (primary N) is 1. The first kappa shape index (κ1) is 8.05. The lowest BCUT2D eigenvalue weighted by Crippen LogP contribution is -2.48. The molecule has 0 aromatic carbocycles. The zero-order valence-corrected chi connectivity index (χ0v) is 7.81. The monoisotopic (exact) mass is 169 g/mol. The Bertz CT molecular complexity index is 261. The van der Waals surface area contributed by atoms with Gasteiger partial charge in [0.05, 0.1) is 5.41 Å². The van der Waals surface area contributed by atoms with Gasteiger partial charge in [-0.25, -0.2) is 0 Å². The van der Waals surface area contributed by atoms with Gasteiger partial charge in [0.25, 0.3) is 0 Å². The third-order valence-electron chi connectivity index (χ3n) is 4.16. The second kappa shape index (κ2) is 1.69. The van der Waals surface area contributed by atoms with Gasteiger partial charge in [-0.05, 0) is 13.3 Å². The lowest BCUT2D eigenvalue weighted by molar-refractivity contribution is -0.159. The Hall–Kier alpha value is -0.570. The van der Waals surface area contributed by atoms with Crippen molar-refractivity contribution in [3.05, 3.63) is 0 Å². The quantitative estimate of drug-likeness (QED) is 0.551. The first-order chi connectivity index (χ1) is 5.33. The fourth-order valence-corrected chi connectivity index (χ4v) is 2.34. The normalized spacial score (nSPS) is 49.5. The van der Waals surface area contributed by atoms with E-state index in [-0.39, 0.29) is 16.8 Å². The highest BCUT2D eigenvalue weighted by molar-refractivity contribution is 5.82. The maximum atomic E-state index is 11.5. The average molecular weight is 169 g/mol. The molecule has 0 aromatic heterocycles. The molecule has 2 aliphatic rings. The van der Waals surface area contributed by atoms with Crippen molar-refractivity contribution in [2.45, 2.75) is 39.3 Å². The van der Waals surface area contributed by atoms with Crippen LogP contribution in [0.25, 0.3) is 0 Å². The molecule has 2 unspecified atom stereocenters. The summed E-state index contributed by atoms with van der Waals surface area (Å²) in [4.78, 5) is 11.5. The molecule has 2 bridgehead atoms. The summed E-state index contributed by atoms with van der Waals surface area (Å²) in [5.41, 5.74) is 4.72. The van der Waals surface area contributed by atoms with Crippen molar-refractivity contribution in [2.24, 2.45) is 16.6 Å². The van der Waals surface area contributed by atoms with E-state index >= 15 is 0 Å². The standard InChI is InChI=1S/C9H15NO2/c1-7(2)8(3)4-5-9(7,10)12-6(8)11/h4-5,10H2,1-3H3. The van der Waals surface area contributed by atoms with Gasteiger partial charge in [-0.3, -0.25) is 10.5 Å². The molecule has 0 aromatic rings. The number of esters is 1. The molecular weight excluding hydrogens is 154 g/mol. The molecule has 1 heterocycles. The minimum Gasteiger partial charge on any atom is -0.443 e. The van der Waals surface area contributed by atoms with Crippen molar-refractivity contribution >= 4 is 5.97 Å². The van der Waals surface area contributed by atoms with Crippen LogP contribution in [0.3, 0.4) is 0 Å². The van der Waals surface area contributed by atoms with E-state index in [1.54, 1.807) is 0 Å². The van der Waals surface area contributed by atoms with E-state index in [9.17, 15) is 4.79 Å². The molecule has 0 spiro atoms. The number of hydrogen-bond donors (Lipinski definition) is 1. The zero-order chi connectivity index (χ0) is 9.20. The predicted octanol–water partition coefficient (Wildman–Crippen LogP) is 1.02. The number of rotatable bonds is 0. The van der Waals surface area contributed by atoms with Crippen LogP contribution in [-0.4, -0.2) is 11.7 Å². The SMILES string of the molecule is CC12CCC(N)(OC1=O)C2(C)C. The van der Waals surface area contributed by atoms with Crippen molar-refractivity contribution in [1.82, 2.24) is 0 Å². The predicted molar refractivity (Wildman–Crippen MR) is 44.1 cm³/mol. The van der Waals surface area contributed by atoms with Crippen LogP contribution in [0.4, 0.5) is 0 Å². The maximum Gasteiger partial charge on any atom is 0.314 e. The molecule has 68 valence electrons. The highest BCUT2D eigenvalue weighted by Gasteiger charge is 2.71. The summed E-state index contributed by atoms with van der Waals surface area (Å²) in [6.45, 7) is 5.99. The summed E-state index contributed by atoms with van der Waals surface area (Å²) in [6, 6.07) is 0. The third kappa shape index (κ3) is 0.534.